The van der Waals surface area contributed by atoms with Crippen LogP contribution in [0.2, 0.25) is 5.02 Å². The fraction of sp³-hybridized carbons (Fsp3) is 0.0556. The summed E-state index contributed by atoms with van der Waals surface area (Å²) >= 11 is 5.95. The molecule has 0 spiro atoms. The van der Waals surface area contributed by atoms with Crippen LogP contribution in [0.1, 0.15) is 11.1 Å². The predicted octanol–water partition coefficient (Wildman–Crippen LogP) is 4.23. The number of anilines is 1. The highest BCUT2D eigenvalue weighted by Crippen LogP contribution is 2.35. The summed E-state index contributed by atoms with van der Waals surface area (Å²) < 4.78 is 0. The molecule has 112 valence electrons. The van der Waals surface area contributed by atoms with E-state index in [9.17, 15) is 5.26 Å². The minimum Gasteiger partial charge on any atom is -0.383 e. The number of rotatable bonds is 2. The Hall–Kier alpha value is -2.90. The first-order chi connectivity index (χ1) is 11.1. The van der Waals surface area contributed by atoms with Crippen molar-refractivity contribution < 1.29 is 0 Å². The summed E-state index contributed by atoms with van der Waals surface area (Å²) in [4.78, 5) is 8.55. The molecule has 0 aliphatic rings. The third-order valence-corrected chi connectivity index (χ3v) is 3.90. The van der Waals surface area contributed by atoms with Crippen LogP contribution < -0.4 is 5.73 Å². The summed E-state index contributed by atoms with van der Waals surface area (Å²) in [5.74, 6) is 0.210. The number of hydrogen-bond donors (Lipinski definition) is 1. The van der Waals surface area contributed by atoms with Crippen LogP contribution in [0.15, 0.2) is 48.8 Å². The summed E-state index contributed by atoms with van der Waals surface area (Å²) in [6, 6.07) is 13.3. The highest BCUT2D eigenvalue weighted by Gasteiger charge is 2.18. The highest BCUT2D eigenvalue weighted by atomic mass is 35.5. The van der Waals surface area contributed by atoms with Crippen LogP contribution in [-0.4, -0.2) is 9.97 Å². The molecule has 0 saturated carbocycles. The van der Waals surface area contributed by atoms with Crippen LogP contribution in [0.25, 0.3) is 22.4 Å². The van der Waals surface area contributed by atoms with Gasteiger partial charge in [0.2, 0.25) is 0 Å². The van der Waals surface area contributed by atoms with Gasteiger partial charge in [-0.2, -0.15) is 5.26 Å². The average Bonchev–Trinajstić information content (AvgIpc) is 2.58. The maximum Gasteiger partial charge on any atom is 0.142 e. The molecule has 23 heavy (non-hydrogen) atoms. The fourth-order valence-electron chi connectivity index (χ4n) is 2.57. The number of hydrogen-bond acceptors (Lipinski definition) is 4. The quantitative estimate of drug-likeness (QED) is 0.766. The number of nitrogens with zero attached hydrogens (tertiary/aromatic N) is 3. The van der Waals surface area contributed by atoms with E-state index in [1.165, 1.54) is 0 Å². The second-order valence-electron chi connectivity index (χ2n) is 5.08. The van der Waals surface area contributed by atoms with Gasteiger partial charge in [-0.05, 0) is 30.7 Å². The molecule has 0 unspecified atom stereocenters. The predicted molar refractivity (Wildman–Crippen MR) is 91.8 cm³/mol. The molecule has 3 aromatic rings. The van der Waals surface area contributed by atoms with E-state index in [0.717, 1.165) is 27.9 Å². The molecule has 0 radical (unpaired) electrons. The Balaban J connectivity index is 2.31. The highest BCUT2D eigenvalue weighted by molar-refractivity contribution is 6.30. The van der Waals surface area contributed by atoms with E-state index >= 15 is 0 Å². The lowest BCUT2D eigenvalue weighted by molar-refractivity contribution is 1.25. The first-order valence-electron chi connectivity index (χ1n) is 6.98. The van der Waals surface area contributed by atoms with Gasteiger partial charge in [0.05, 0.1) is 5.69 Å². The number of nitrogen functional groups attached to an aromatic ring is 1. The number of aromatic nitrogens is 2. The Morgan fingerprint density at radius 3 is 2.48 bits per heavy atom. The van der Waals surface area contributed by atoms with Crippen molar-refractivity contribution in [2.24, 2.45) is 0 Å². The fourth-order valence-corrected chi connectivity index (χ4v) is 2.69. The number of nitrogens with two attached hydrogens (primary N) is 1. The van der Waals surface area contributed by atoms with Crippen LogP contribution in [-0.2, 0) is 0 Å². The van der Waals surface area contributed by atoms with Crippen molar-refractivity contribution >= 4 is 17.4 Å². The lowest BCUT2D eigenvalue weighted by atomic mass is 9.94. The number of pyridine rings is 2. The summed E-state index contributed by atoms with van der Waals surface area (Å²) in [6.07, 6.45) is 3.41. The minimum absolute atomic E-state index is 0.210. The molecule has 0 aliphatic heterocycles. The van der Waals surface area contributed by atoms with E-state index in [1.807, 2.05) is 31.2 Å². The summed E-state index contributed by atoms with van der Waals surface area (Å²) in [6.45, 7) is 1.93. The van der Waals surface area contributed by atoms with E-state index in [0.29, 0.717) is 10.6 Å². The van der Waals surface area contributed by atoms with Gasteiger partial charge in [0.25, 0.3) is 0 Å². The Morgan fingerprint density at radius 2 is 1.87 bits per heavy atom. The molecule has 0 fully saturated rings. The smallest absolute Gasteiger partial charge is 0.142 e. The topological polar surface area (TPSA) is 75.6 Å². The molecular weight excluding hydrogens is 308 g/mol. The molecule has 0 saturated heterocycles. The SMILES string of the molecule is Cc1c(-c2ccc(Cl)cc2)nc(N)c(C#N)c1-c1cccnc1. The number of benzene rings is 1. The van der Waals surface area contributed by atoms with Crippen LogP contribution in [0, 0.1) is 18.3 Å². The van der Waals surface area contributed by atoms with Gasteiger partial charge in [-0.25, -0.2) is 4.98 Å². The normalized spacial score (nSPS) is 10.3. The third kappa shape index (κ3) is 2.75. The molecule has 0 atom stereocenters. The van der Waals surface area contributed by atoms with Crippen LogP contribution >= 0.6 is 11.6 Å². The zero-order chi connectivity index (χ0) is 16.4. The van der Waals surface area contributed by atoms with Crippen molar-refractivity contribution in [3.05, 3.63) is 64.9 Å². The van der Waals surface area contributed by atoms with Gasteiger partial charge < -0.3 is 5.73 Å². The first-order valence-corrected chi connectivity index (χ1v) is 7.36. The van der Waals surface area contributed by atoms with Crippen molar-refractivity contribution in [1.29, 1.82) is 5.26 Å². The van der Waals surface area contributed by atoms with E-state index in [1.54, 1.807) is 24.5 Å². The van der Waals surface area contributed by atoms with Gasteiger partial charge in [-0.3, -0.25) is 4.98 Å². The van der Waals surface area contributed by atoms with E-state index in [4.69, 9.17) is 17.3 Å². The van der Waals surface area contributed by atoms with Crippen molar-refractivity contribution in [2.45, 2.75) is 6.92 Å². The second kappa shape index (κ2) is 6.07. The van der Waals surface area contributed by atoms with Gasteiger partial charge in [-0.15, -0.1) is 0 Å². The van der Waals surface area contributed by atoms with Crippen molar-refractivity contribution in [3.8, 4) is 28.5 Å². The van der Waals surface area contributed by atoms with Gasteiger partial charge >= 0.3 is 0 Å². The maximum atomic E-state index is 9.48. The van der Waals surface area contributed by atoms with E-state index in [2.05, 4.69) is 16.0 Å². The molecule has 2 aromatic heterocycles. The van der Waals surface area contributed by atoms with E-state index in [-0.39, 0.29) is 5.82 Å². The number of nitriles is 1. The summed E-state index contributed by atoms with van der Waals surface area (Å²) in [5.41, 5.74) is 10.5. The van der Waals surface area contributed by atoms with Crippen LogP contribution in [0.5, 0.6) is 0 Å². The largest absolute Gasteiger partial charge is 0.383 e. The zero-order valence-electron chi connectivity index (χ0n) is 12.4. The zero-order valence-corrected chi connectivity index (χ0v) is 13.2. The minimum atomic E-state index is 0.210. The third-order valence-electron chi connectivity index (χ3n) is 3.65. The van der Waals surface area contributed by atoms with Crippen molar-refractivity contribution in [3.63, 3.8) is 0 Å². The first kappa shape index (κ1) is 15.0. The van der Waals surface area contributed by atoms with E-state index < -0.39 is 0 Å². The standard InChI is InChI=1S/C18H13ClN4/c1-11-16(13-3-2-8-22-10-13)15(9-20)18(21)23-17(11)12-4-6-14(19)7-5-12/h2-8,10H,1H3,(H2,21,23). The molecule has 2 N–H and O–H groups in total. The molecule has 0 amide bonds. The Kier molecular flexibility index (Phi) is 3.96. The van der Waals surface area contributed by atoms with Gasteiger partial charge in [-0.1, -0.05) is 29.8 Å². The lowest BCUT2D eigenvalue weighted by Crippen LogP contribution is -2.03. The Morgan fingerprint density at radius 1 is 1.13 bits per heavy atom. The average molecular weight is 321 g/mol. The van der Waals surface area contributed by atoms with Crippen molar-refractivity contribution in [2.75, 3.05) is 5.73 Å². The second-order valence-corrected chi connectivity index (χ2v) is 5.52. The monoisotopic (exact) mass is 320 g/mol. The van der Waals surface area contributed by atoms with Gasteiger partial charge in [0, 0.05) is 34.1 Å². The van der Waals surface area contributed by atoms with Crippen molar-refractivity contribution in [1.82, 2.24) is 9.97 Å². The maximum absolute atomic E-state index is 9.48. The molecular formula is C18H13ClN4. The molecule has 5 heteroatoms. The summed E-state index contributed by atoms with van der Waals surface area (Å²) in [7, 11) is 0. The molecule has 1 aromatic carbocycles. The Bertz CT molecular complexity index is 897. The summed E-state index contributed by atoms with van der Waals surface area (Å²) in [5, 5.41) is 10.1. The molecule has 0 aliphatic carbocycles. The molecule has 0 bridgehead atoms. The lowest BCUT2D eigenvalue weighted by Gasteiger charge is -2.14. The molecule has 4 nitrogen and oxygen atoms in total. The van der Waals surface area contributed by atoms with Gasteiger partial charge in [0.1, 0.15) is 17.5 Å². The molecule has 2 heterocycles. The molecule has 3 rings (SSSR count). The van der Waals surface area contributed by atoms with Crippen LogP contribution in [0.4, 0.5) is 5.82 Å². The van der Waals surface area contributed by atoms with Crippen LogP contribution in [0.3, 0.4) is 0 Å². The number of halogens is 1. The Labute approximate surface area is 139 Å². The van der Waals surface area contributed by atoms with Gasteiger partial charge in [0.15, 0.2) is 0 Å².